The largest absolute Gasteiger partial charge is 0.496 e. The second kappa shape index (κ2) is 12.1. The molecule has 9 heteroatoms. The minimum Gasteiger partial charge on any atom is -0.496 e. The first-order valence-electron chi connectivity index (χ1n) is 11.2. The maximum atomic E-state index is 12.7. The van der Waals surface area contributed by atoms with Crippen molar-refractivity contribution >= 4 is 11.8 Å². The van der Waals surface area contributed by atoms with E-state index in [1.54, 1.807) is 19.2 Å². The summed E-state index contributed by atoms with van der Waals surface area (Å²) in [5.41, 5.74) is 1.33. The number of rotatable bonds is 11. The highest BCUT2D eigenvalue weighted by Crippen LogP contribution is 2.38. The molecule has 2 aromatic carbocycles. The van der Waals surface area contributed by atoms with Crippen LogP contribution in [-0.2, 0) is 4.79 Å². The van der Waals surface area contributed by atoms with Crippen molar-refractivity contribution in [3.63, 3.8) is 0 Å². The number of carbonyl (C=O) groups excluding carboxylic acids is 2. The average molecular weight is 472 g/mol. The Kier molecular flexibility index (Phi) is 8.98. The van der Waals surface area contributed by atoms with Gasteiger partial charge in [-0.1, -0.05) is 18.2 Å². The van der Waals surface area contributed by atoms with Crippen LogP contribution in [-0.4, -0.2) is 71.3 Å². The lowest BCUT2D eigenvalue weighted by Crippen LogP contribution is -2.41. The SMILES string of the molecule is COc1ccccc1[C@@H](CNC(=O)CNC(=O)c1cc(OC)c(OC)c(OC)c1)N1CCCC1. The van der Waals surface area contributed by atoms with E-state index in [0.717, 1.165) is 37.2 Å². The Bertz CT molecular complexity index is 965. The summed E-state index contributed by atoms with van der Waals surface area (Å²) in [6.07, 6.45) is 2.26. The van der Waals surface area contributed by atoms with Gasteiger partial charge in [0, 0.05) is 17.7 Å². The molecule has 1 atom stereocenters. The van der Waals surface area contributed by atoms with Crippen LogP contribution in [0.4, 0.5) is 0 Å². The third kappa shape index (κ3) is 5.91. The van der Waals surface area contributed by atoms with Crippen LogP contribution in [0.15, 0.2) is 36.4 Å². The van der Waals surface area contributed by atoms with Crippen molar-refractivity contribution in [1.82, 2.24) is 15.5 Å². The summed E-state index contributed by atoms with van der Waals surface area (Å²) >= 11 is 0. The topological polar surface area (TPSA) is 98.4 Å². The maximum absolute atomic E-state index is 12.7. The van der Waals surface area contributed by atoms with E-state index in [0.29, 0.717) is 29.4 Å². The van der Waals surface area contributed by atoms with Crippen molar-refractivity contribution in [3.8, 4) is 23.0 Å². The normalized spacial score (nSPS) is 14.2. The quantitative estimate of drug-likeness (QED) is 0.519. The van der Waals surface area contributed by atoms with Crippen molar-refractivity contribution in [2.24, 2.45) is 0 Å². The fraction of sp³-hybridized carbons (Fsp3) is 0.440. The van der Waals surface area contributed by atoms with Gasteiger partial charge in [0.2, 0.25) is 11.7 Å². The number of carbonyl (C=O) groups is 2. The molecular weight excluding hydrogens is 438 g/mol. The highest BCUT2D eigenvalue weighted by molar-refractivity contribution is 5.97. The Morgan fingerprint density at radius 1 is 0.882 bits per heavy atom. The minimum absolute atomic E-state index is 0.00610. The molecule has 2 amide bonds. The molecule has 0 aliphatic carbocycles. The summed E-state index contributed by atoms with van der Waals surface area (Å²) in [4.78, 5) is 27.6. The summed E-state index contributed by atoms with van der Waals surface area (Å²) in [6, 6.07) is 10.9. The molecule has 1 heterocycles. The lowest BCUT2D eigenvalue weighted by atomic mass is 10.0. The molecule has 0 saturated carbocycles. The Morgan fingerprint density at radius 3 is 2.09 bits per heavy atom. The first-order chi connectivity index (χ1) is 16.5. The molecule has 0 spiro atoms. The molecule has 0 aromatic heterocycles. The summed E-state index contributed by atoms with van der Waals surface area (Å²) in [6.45, 7) is 2.19. The zero-order valence-corrected chi connectivity index (χ0v) is 20.2. The number of para-hydroxylation sites is 1. The van der Waals surface area contributed by atoms with Crippen molar-refractivity contribution in [3.05, 3.63) is 47.5 Å². The van der Waals surface area contributed by atoms with Crippen molar-refractivity contribution in [2.75, 3.05) is 54.6 Å². The predicted molar refractivity (Wildman–Crippen MR) is 128 cm³/mol. The molecule has 34 heavy (non-hydrogen) atoms. The van der Waals surface area contributed by atoms with Gasteiger partial charge in [0.15, 0.2) is 11.5 Å². The van der Waals surface area contributed by atoms with Gasteiger partial charge in [-0.05, 0) is 44.1 Å². The van der Waals surface area contributed by atoms with E-state index in [1.807, 2.05) is 24.3 Å². The van der Waals surface area contributed by atoms with Crippen LogP contribution >= 0.6 is 0 Å². The van der Waals surface area contributed by atoms with Gasteiger partial charge >= 0.3 is 0 Å². The Balaban J connectivity index is 1.63. The molecule has 1 saturated heterocycles. The number of nitrogens with one attached hydrogen (secondary N) is 2. The number of benzene rings is 2. The van der Waals surface area contributed by atoms with Gasteiger partial charge in [0.25, 0.3) is 5.91 Å². The average Bonchev–Trinajstić information content (AvgIpc) is 3.41. The first kappa shape index (κ1) is 25.2. The van der Waals surface area contributed by atoms with Crippen LogP contribution < -0.4 is 29.6 Å². The number of hydrogen-bond acceptors (Lipinski definition) is 7. The minimum atomic E-state index is -0.421. The van der Waals surface area contributed by atoms with Crippen molar-refractivity contribution in [2.45, 2.75) is 18.9 Å². The Morgan fingerprint density at radius 2 is 1.50 bits per heavy atom. The van der Waals surface area contributed by atoms with E-state index >= 15 is 0 Å². The van der Waals surface area contributed by atoms with Crippen LogP contribution in [0.3, 0.4) is 0 Å². The van der Waals surface area contributed by atoms with Crippen LogP contribution in [0, 0.1) is 0 Å². The molecule has 9 nitrogen and oxygen atoms in total. The van der Waals surface area contributed by atoms with Gasteiger partial charge < -0.3 is 29.6 Å². The highest BCUT2D eigenvalue weighted by Gasteiger charge is 2.26. The molecule has 2 N–H and O–H groups in total. The number of ether oxygens (including phenoxy) is 4. The summed E-state index contributed by atoms with van der Waals surface area (Å²) in [5, 5.41) is 5.61. The van der Waals surface area contributed by atoms with Crippen LogP contribution in [0.1, 0.15) is 34.8 Å². The lowest BCUT2D eigenvalue weighted by molar-refractivity contribution is -0.120. The molecule has 184 valence electrons. The van der Waals surface area contributed by atoms with E-state index in [1.165, 1.54) is 21.3 Å². The Hall–Kier alpha value is -3.46. The Labute approximate surface area is 200 Å². The molecule has 2 aromatic rings. The van der Waals surface area contributed by atoms with Crippen molar-refractivity contribution in [1.29, 1.82) is 0 Å². The van der Waals surface area contributed by atoms with E-state index in [-0.39, 0.29) is 18.5 Å². The van der Waals surface area contributed by atoms with Crippen LogP contribution in [0.5, 0.6) is 23.0 Å². The number of nitrogens with zero attached hydrogens (tertiary/aromatic N) is 1. The van der Waals surface area contributed by atoms with E-state index in [2.05, 4.69) is 15.5 Å². The molecule has 3 rings (SSSR count). The van der Waals surface area contributed by atoms with Gasteiger partial charge in [-0.3, -0.25) is 14.5 Å². The molecule has 0 bridgehead atoms. The summed E-state index contributed by atoms with van der Waals surface area (Å²) < 4.78 is 21.4. The zero-order valence-electron chi connectivity index (χ0n) is 20.2. The van der Waals surface area contributed by atoms with Crippen molar-refractivity contribution < 1.29 is 28.5 Å². The number of amides is 2. The maximum Gasteiger partial charge on any atom is 0.251 e. The van der Waals surface area contributed by atoms with Gasteiger partial charge in [0.05, 0.1) is 41.0 Å². The monoisotopic (exact) mass is 471 g/mol. The van der Waals surface area contributed by atoms with Crippen LogP contribution in [0.25, 0.3) is 0 Å². The zero-order chi connectivity index (χ0) is 24.5. The highest BCUT2D eigenvalue weighted by atomic mass is 16.5. The molecule has 1 fully saturated rings. The molecular formula is C25H33N3O6. The van der Waals surface area contributed by atoms with Crippen LogP contribution in [0.2, 0.25) is 0 Å². The smallest absolute Gasteiger partial charge is 0.251 e. The fourth-order valence-electron chi connectivity index (χ4n) is 4.18. The van der Waals surface area contributed by atoms with Gasteiger partial charge in [-0.25, -0.2) is 0 Å². The number of methoxy groups -OCH3 is 4. The van der Waals surface area contributed by atoms with E-state index in [9.17, 15) is 9.59 Å². The predicted octanol–water partition coefficient (Wildman–Crippen LogP) is 2.40. The lowest BCUT2D eigenvalue weighted by Gasteiger charge is -2.29. The molecule has 1 aliphatic heterocycles. The van der Waals surface area contributed by atoms with Gasteiger partial charge in [-0.15, -0.1) is 0 Å². The van der Waals surface area contributed by atoms with Gasteiger partial charge in [0.1, 0.15) is 5.75 Å². The van der Waals surface area contributed by atoms with Gasteiger partial charge in [-0.2, -0.15) is 0 Å². The first-order valence-corrected chi connectivity index (χ1v) is 11.2. The number of hydrogen-bond donors (Lipinski definition) is 2. The number of likely N-dealkylation sites (tertiary alicyclic amines) is 1. The molecule has 0 unspecified atom stereocenters. The summed E-state index contributed by atoms with van der Waals surface area (Å²) in [7, 11) is 6.10. The summed E-state index contributed by atoms with van der Waals surface area (Å²) in [5.74, 6) is 1.21. The third-order valence-corrected chi connectivity index (χ3v) is 5.91. The molecule has 1 aliphatic rings. The van der Waals surface area contributed by atoms with E-state index in [4.69, 9.17) is 18.9 Å². The fourth-order valence-corrected chi connectivity index (χ4v) is 4.18. The standard InChI is InChI=1S/C25H33N3O6/c1-31-20-10-6-5-9-18(20)19(28-11-7-8-12-28)15-26-23(29)16-27-25(30)17-13-21(32-2)24(34-4)22(14-17)33-3/h5-6,9-10,13-14,19H,7-8,11-12,15-16H2,1-4H3,(H,26,29)(H,27,30)/t19-/m1/s1. The third-order valence-electron chi connectivity index (χ3n) is 5.91. The molecule has 0 radical (unpaired) electrons. The second-order valence-corrected chi connectivity index (χ2v) is 7.90. The van der Waals surface area contributed by atoms with E-state index < -0.39 is 5.91 Å². The second-order valence-electron chi connectivity index (χ2n) is 7.90.